The van der Waals surface area contributed by atoms with Crippen molar-refractivity contribution < 1.29 is 4.79 Å². The molecule has 4 heteroatoms. The predicted octanol–water partition coefficient (Wildman–Crippen LogP) is 3.01. The van der Waals surface area contributed by atoms with Gasteiger partial charge >= 0.3 is 0 Å². The minimum absolute atomic E-state index is 0.114. The van der Waals surface area contributed by atoms with Crippen LogP contribution in [0.3, 0.4) is 0 Å². The summed E-state index contributed by atoms with van der Waals surface area (Å²) in [6.45, 7) is 2.82. The van der Waals surface area contributed by atoms with Crippen molar-refractivity contribution in [3.8, 4) is 0 Å². The first-order chi connectivity index (χ1) is 8.72. The van der Waals surface area contributed by atoms with E-state index in [1.54, 1.807) is 12.4 Å². The molecule has 0 saturated carbocycles. The standard InChI is InChI=1S/C14H19ClN2O/c1-11-8-12(10-16-9-11)14(18)17-7-3-5-13(17)4-2-6-15/h8-10,13H,2-7H2,1H3. The average Bonchev–Trinajstić information content (AvgIpc) is 2.83. The lowest BCUT2D eigenvalue weighted by atomic mass is 10.1. The van der Waals surface area contributed by atoms with Gasteiger partial charge in [-0.15, -0.1) is 11.6 Å². The zero-order valence-electron chi connectivity index (χ0n) is 10.7. The smallest absolute Gasteiger partial charge is 0.255 e. The van der Waals surface area contributed by atoms with Crippen LogP contribution in [0.5, 0.6) is 0 Å². The van der Waals surface area contributed by atoms with Gasteiger partial charge in [-0.25, -0.2) is 0 Å². The number of hydrogen-bond acceptors (Lipinski definition) is 2. The fourth-order valence-electron chi connectivity index (χ4n) is 2.55. The van der Waals surface area contributed by atoms with E-state index < -0.39 is 0 Å². The maximum absolute atomic E-state index is 12.4. The molecule has 2 heterocycles. The summed E-state index contributed by atoms with van der Waals surface area (Å²) in [6.07, 6.45) is 7.61. The number of aromatic nitrogens is 1. The molecule has 18 heavy (non-hydrogen) atoms. The summed E-state index contributed by atoms with van der Waals surface area (Å²) in [4.78, 5) is 18.5. The van der Waals surface area contributed by atoms with Crippen LogP contribution in [0.4, 0.5) is 0 Å². The van der Waals surface area contributed by atoms with Crippen LogP contribution < -0.4 is 0 Å². The van der Waals surface area contributed by atoms with Crippen molar-refractivity contribution in [2.75, 3.05) is 12.4 Å². The predicted molar refractivity (Wildman–Crippen MR) is 73.0 cm³/mol. The summed E-state index contributed by atoms with van der Waals surface area (Å²) in [5.41, 5.74) is 1.73. The Labute approximate surface area is 113 Å². The number of amides is 1. The molecule has 1 amide bonds. The van der Waals surface area contributed by atoms with Crippen molar-refractivity contribution in [3.63, 3.8) is 0 Å². The molecule has 1 saturated heterocycles. The minimum atomic E-state index is 0.114. The molecule has 0 aliphatic carbocycles. The summed E-state index contributed by atoms with van der Waals surface area (Å²) < 4.78 is 0. The zero-order valence-corrected chi connectivity index (χ0v) is 11.5. The molecule has 0 aromatic carbocycles. The van der Waals surface area contributed by atoms with E-state index in [1.807, 2.05) is 17.9 Å². The monoisotopic (exact) mass is 266 g/mol. The van der Waals surface area contributed by atoms with E-state index >= 15 is 0 Å². The van der Waals surface area contributed by atoms with Crippen molar-refractivity contribution in [2.45, 2.75) is 38.6 Å². The number of hydrogen-bond donors (Lipinski definition) is 0. The van der Waals surface area contributed by atoms with Gasteiger partial charge in [-0.05, 0) is 44.2 Å². The maximum atomic E-state index is 12.4. The van der Waals surface area contributed by atoms with Gasteiger partial charge in [-0.3, -0.25) is 9.78 Å². The lowest BCUT2D eigenvalue weighted by molar-refractivity contribution is 0.0729. The molecule has 1 aliphatic rings. The van der Waals surface area contributed by atoms with Gasteiger partial charge in [0.05, 0.1) is 5.56 Å². The number of pyridine rings is 1. The van der Waals surface area contributed by atoms with Gasteiger partial charge in [0.2, 0.25) is 0 Å². The third kappa shape index (κ3) is 3.02. The zero-order chi connectivity index (χ0) is 13.0. The summed E-state index contributed by atoms with van der Waals surface area (Å²) in [6, 6.07) is 2.27. The molecule has 0 spiro atoms. The van der Waals surface area contributed by atoms with Crippen molar-refractivity contribution >= 4 is 17.5 Å². The Kier molecular flexibility index (Phi) is 4.59. The molecule has 1 fully saturated rings. The Morgan fingerprint density at radius 2 is 2.39 bits per heavy atom. The Hall–Kier alpha value is -1.09. The molecule has 98 valence electrons. The van der Waals surface area contributed by atoms with Gasteiger partial charge in [-0.2, -0.15) is 0 Å². The number of alkyl halides is 1. The third-order valence-electron chi connectivity index (χ3n) is 3.43. The first-order valence-corrected chi connectivity index (χ1v) is 7.04. The molecular weight excluding hydrogens is 248 g/mol. The Balaban J connectivity index is 2.08. The van der Waals surface area contributed by atoms with Gasteiger partial charge in [0.25, 0.3) is 5.91 Å². The number of rotatable bonds is 4. The van der Waals surface area contributed by atoms with E-state index in [9.17, 15) is 4.79 Å². The highest BCUT2D eigenvalue weighted by Gasteiger charge is 2.28. The van der Waals surface area contributed by atoms with Crippen LogP contribution in [0, 0.1) is 6.92 Å². The van der Waals surface area contributed by atoms with E-state index in [0.717, 1.165) is 37.8 Å². The Morgan fingerprint density at radius 3 is 3.11 bits per heavy atom. The van der Waals surface area contributed by atoms with Crippen LogP contribution in [-0.2, 0) is 0 Å². The van der Waals surface area contributed by atoms with Crippen LogP contribution in [0.2, 0.25) is 0 Å². The van der Waals surface area contributed by atoms with Gasteiger partial charge in [-0.1, -0.05) is 0 Å². The molecule has 3 nitrogen and oxygen atoms in total. The molecule has 1 aromatic heterocycles. The normalized spacial score (nSPS) is 19.2. The van der Waals surface area contributed by atoms with Gasteiger partial charge < -0.3 is 4.90 Å². The largest absolute Gasteiger partial charge is 0.336 e. The van der Waals surface area contributed by atoms with Gasteiger partial charge in [0.15, 0.2) is 0 Å². The lowest BCUT2D eigenvalue weighted by Crippen LogP contribution is -2.35. The molecule has 1 atom stereocenters. The highest BCUT2D eigenvalue weighted by atomic mass is 35.5. The number of likely N-dealkylation sites (tertiary alicyclic amines) is 1. The highest BCUT2D eigenvalue weighted by Crippen LogP contribution is 2.23. The molecular formula is C14H19ClN2O. The van der Waals surface area contributed by atoms with Crippen molar-refractivity contribution in [2.24, 2.45) is 0 Å². The van der Waals surface area contributed by atoms with Crippen LogP contribution >= 0.6 is 11.6 Å². The second-order valence-corrected chi connectivity index (χ2v) is 5.25. The first kappa shape index (κ1) is 13.3. The fraction of sp³-hybridized carbons (Fsp3) is 0.571. The van der Waals surface area contributed by atoms with E-state index in [4.69, 9.17) is 11.6 Å². The average molecular weight is 267 g/mol. The Morgan fingerprint density at radius 1 is 1.56 bits per heavy atom. The molecule has 2 rings (SSSR count). The molecule has 1 unspecified atom stereocenters. The summed E-state index contributed by atoms with van der Waals surface area (Å²) in [5, 5.41) is 0. The second kappa shape index (κ2) is 6.19. The minimum Gasteiger partial charge on any atom is -0.336 e. The van der Waals surface area contributed by atoms with Crippen LogP contribution in [0.1, 0.15) is 41.6 Å². The van der Waals surface area contributed by atoms with Crippen molar-refractivity contribution in [1.82, 2.24) is 9.88 Å². The van der Waals surface area contributed by atoms with Gasteiger partial charge in [0.1, 0.15) is 0 Å². The van der Waals surface area contributed by atoms with E-state index in [0.29, 0.717) is 17.5 Å². The summed E-state index contributed by atoms with van der Waals surface area (Å²) in [5.74, 6) is 0.785. The fourth-order valence-corrected chi connectivity index (χ4v) is 2.71. The van der Waals surface area contributed by atoms with Crippen molar-refractivity contribution in [1.29, 1.82) is 0 Å². The molecule has 0 bridgehead atoms. The van der Waals surface area contributed by atoms with Crippen LogP contribution in [0.15, 0.2) is 18.5 Å². The van der Waals surface area contributed by atoms with Crippen LogP contribution in [-0.4, -0.2) is 34.3 Å². The molecule has 0 radical (unpaired) electrons. The lowest BCUT2D eigenvalue weighted by Gasteiger charge is -2.24. The molecule has 1 aromatic rings. The quantitative estimate of drug-likeness (QED) is 0.785. The maximum Gasteiger partial charge on any atom is 0.255 e. The van der Waals surface area contributed by atoms with Crippen LogP contribution in [0.25, 0.3) is 0 Å². The molecule has 1 aliphatic heterocycles. The number of carbonyl (C=O) groups excluding carboxylic acids is 1. The molecule has 0 N–H and O–H groups in total. The first-order valence-electron chi connectivity index (χ1n) is 6.51. The topological polar surface area (TPSA) is 33.2 Å². The van der Waals surface area contributed by atoms with E-state index in [2.05, 4.69) is 4.98 Å². The van der Waals surface area contributed by atoms with Gasteiger partial charge in [0, 0.05) is 30.9 Å². The SMILES string of the molecule is Cc1cncc(C(=O)N2CCCC2CCCCl)c1. The second-order valence-electron chi connectivity index (χ2n) is 4.88. The number of nitrogens with zero attached hydrogens (tertiary/aromatic N) is 2. The summed E-state index contributed by atoms with van der Waals surface area (Å²) >= 11 is 5.73. The number of halogens is 1. The number of aryl methyl sites for hydroxylation is 1. The third-order valence-corrected chi connectivity index (χ3v) is 3.70. The summed E-state index contributed by atoms with van der Waals surface area (Å²) in [7, 11) is 0. The van der Waals surface area contributed by atoms with Crippen molar-refractivity contribution in [3.05, 3.63) is 29.6 Å². The number of carbonyl (C=O) groups is 1. The Bertz CT molecular complexity index is 422. The van der Waals surface area contributed by atoms with E-state index in [1.165, 1.54) is 0 Å². The highest BCUT2D eigenvalue weighted by molar-refractivity contribution is 6.17. The van der Waals surface area contributed by atoms with E-state index in [-0.39, 0.29) is 5.91 Å².